The topological polar surface area (TPSA) is 25.2 Å². The Morgan fingerprint density at radius 2 is 2.38 bits per heavy atom. The summed E-state index contributed by atoms with van der Waals surface area (Å²) in [5.41, 5.74) is 1.72. The minimum Gasteiger partial charge on any atom is -0.469 e. The summed E-state index contributed by atoms with van der Waals surface area (Å²) < 4.78 is 5.58. The fourth-order valence-corrected chi connectivity index (χ4v) is 2.81. The third kappa shape index (κ3) is 2.64. The van der Waals surface area contributed by atoms with Gasteiger partial charge in [0.1, 0.15) is 5.76 Å². The van der Waals surface area contributed by atoms with Crippen molar-refractivity contribution in [1.82, 2.24) is 5.32 Å². The van der Waals surface area contributed by atoms with Crippen LogP contribution in [0.15, 0.2) is 16.7 Å². The number of thioether (sulfide) groups is 1. The number of nitrogens with one attached hydrogen (secondary N) is 1. The molecule has 1 aromatic heterocycles. The quantitative estimate of drug-likeness (QED) is 0.817. The SMILES string of the molecule is CSCCNC1CC(C)(C)Cc2occc21. The molecule has 0 aromatic carbocycles. The van der Waals surface area contributed by atoms with Crippen LogP contribution in [0.1, 0.15) is 37.6 Å². The second-order valence-corrected chi connectivity index (χ2v) is 6.33. The van der Waals surface area contributed by atoms with E-state index in [9.17, 15) is 0 Å². The Morgan fingerprint density at radius 1 is 1.56 bits per heavy atom. The highest BCUT2D eigenvalue weighted by molar-refractivity contribution is 7.98. The molecule has 0 amide bonds. The van der Waals surface area contributed by atoms with Gasteiger partial charge in [0.25, 0.3) is 0 Å². The zero-order valence-electron chi connectivity index (χ0n) is 10.4. The standard InChI is InChI=1S/C13H21NOS/c1-13(2)8-11(14-5-7-16-3)10-4-6-15-12(10)9-13/h4,6,11,14H,5,7-9H2,1-3H3. The molecular formula is C13H21NOS. The van der Waals surface area contributed by atoms with Gasteiger partial charge in [0.2, 0.25) is 0 Å². The molecule has 1 aromatic rings. The van der Waals surface area contributed by atoms with Crippen molar-refractivity contribution in [2.24, 2.45) is 5.41 Å². The maximum atomic E-state index is 5.58. The predicted molar refractivity (Wildman–Crippen MR) is 69.9 cm³/mol. The van der Waals surface area contributed by atoms with Crippen LogP contribution in [-0.4, -0.2) is 18.6 Å². The van der Waals surface area contributed by atoms with E-state index in [4.69, 9.17) is 4.42 Å². The first-order valence-corrected chi connectivity index (χ1v) is 7.30. The van der Waals surface area contributed by atoms with Gasteiger partial charge < -0.3 is 9.73 Å². The third-order valence-electron chi connectivity index (χ3n) is 3.25. The normalized spacial score (nSPS) is 23.1. The summed E-state index contributed by atoms with van der Waals surface area (Å²) in [6.07, 6.45) is 6.25. The van der Waals surface area contributed by atoms with Crippen molar-refractivity contribution in [2.75, 3.05) is 18.6 Å². The summed E-state index contributed by atoms with van der Waals surface area (Å²) >= 11 is 1.89. The van der Waals surface area contributed by atoms with Crippen molar-refractivity contribution in [3.05, 3.63) is 23.7 Å². The van der Waals surface area contributed by atoms with Crippen molar-refractivity contribution in [2.45, 2.75) is 32.7 Å². The van der Waals surface area contributed by atoms with Crippen LogP contribution >= 0.6 is 11.8 Å². The Kier molecular flexibility index (Phi) is 3.65. The van der Waals surface area contributed by atoms with E-state index in [1.807, 2.05) is 18.0 Å². The smallest absolute Gasteiger partial charge is 0.109 e. The van der Waals surface area contributed by atoms with Crippen LogP contribution in [0.5, 0.6) is 0 Å². The van der Waals surface area contributed by atoms with E-state index in [1.54, 1.807) is 0 Å². The molecule has 1 atom stereocenters. The van der Waals surface area contributed by atoms with Crippen molar-refractivity contribution in [3.8, 4) is 0 Å². The molecule has 2 nitrogen and oxygen atoms in total. The Morgan fingerprint density at radius 3 is 3.12 bits per heavy atom. The Bertz CT molecular complexity index is 345. The van der Waals surface area contributed by atoms with Crippen LogP contribution in [0.3, 0.4) is 0 Å². The van der Waals surface area contributed by atoms with Gasteiger partial charge in [-0.05, 0) is 24.2 Å². The van der Waals surface area contributed by atoms with Crippen LogP contribution in [-0.2, 0) is 6.42 Å². The lowest BCUT2D eigenvalue weighted by atomic mass is 9.75. The van der Waals surface area contributed by atoms with Crippen molar-refractivity contribution in [1.29, 1.82) is 0 Å². The average molecular weight is 239 g/mol. The van der Waals surface area contributed by atoms with E-state index in [1.165, 1.54) is 23.5 Å². The van der Waals surface area contributed by atoms with E-state index in [-0.39, 0.29) is 0 Å². The highest BCUT2D eigenvalue weighted by Crippen LogP contribution is 2.40. The van der Waals surface area contributed by atoms with Gasteiger partial charge >= 0.3 is 0 Å². The van der Waals surface area contributed by atoms with Gasteiger partial charge in [0, 0.05) is 30.3 Å². The molecule has 0 fully saturated rings. The average Bonchev–Trinajstić information content (AvgIpc) is 2.64. The van der Waals surface area contributed by atoms with Gasteiger partial charge in [-0.3, -0.25) is 0 Å². The van der Waals surface area contributed by atoms with E-state index >= 15 is 0 Å². The molecule has 2 rings (SSSR count). The van der Waals surface area contributed by atoms with Crippen LogP contribution in [0.2, 0.25) is 0 Å². The van der Waals surface area contributed by atoms with Gasteiger partial charge in [0.05, 0.1) is 6.26 Å². The molecule has 3 heteroatoms. The molecule has 1 heterocycles. The Labute approximate surface area is 102 Å². The highest BCUT2D eigenvalue weighted by Gasteiger charge is 2.33. The van der Waals surface area contributed by atoms with E-state index in [2.05, 4.69) is 31.5 Å². The number of hydrogen-bond donors (Lipinski definition) is 1. The molecule has 0 radical (unpaired) electrons. The van der Waals surface area contributed by atoms with Crippen molar-refractivity contribution < 1.29 is 4.42 Å². The predicted octanol–water partition coefficient (Wildman–Crippen LogP) is 3.25. The van der Waals surface area contributed by atoms with Crippen LogP contribution in [0.25, 0.3) is 0 Å². The van der Waals surface area contributed by atoms with Crippen molar-refractivity contribution in [3.63, 3.8) is 0 Å². The summed E-state index contributed by atoms with van der Waals surface area (Å²) in [6.45, 7) is 5.72. The summed E-state index contributed by atoms with van der Waals surface area (Å²) in [7, 11) is 0. The van der Waals surface area contributed by atoms with Gasteiger partial charge in [-0.2, -0.15) is 11.8 Å². The van der Waals surface area contributed by atoms with E-state index in [0.717, 1.165) is 13.0 Å². The third-order valence-corrected chi connectivity index (χ3v) is 3.86. The summed E-state index contributed by atoms with van der Waals surface area (Å²) in [4.78, 5) is 0. The van der Waals surface area contributed by atoms with Gasteiger partial charge in [0.15, 0.2) is 0 Å². The molecule has 0 saturated carbocycles. The van der Waals surface area contributed by atoms with E-state index in [0.29, 0.717) is 11.5 Å². The molecule has 1 aliphatic carbocycles. The monoisotopic (exact) mass is 239 g/mol. The summed E-state index contributed by atoms with van der Waals surface area (Å²) in [5.74, 6) is 2.35. The summed E-state index contributed by atoms with van der Waals surface area (Å²) in [5, 5.41) is 3.64. The largest absolute Gasteiger partial charge is 0.469 e. The summed E-state index contributed by atoms with van der Waals surface area (Å²) in [6, 6.07) is 2.60. The van der Waals surface area contributed by atoms with Crippen LogP contribution in [0, 0.1) is 5.41 Å². The number of furan rings is 1. The van der Waals surface area contributed by atoms with Gasteiger partial charge in [-0.1, -0.05) is 13.8 Å². The molecule has 1 unspecified atom stereocenters. The Hall–Kier alpha value is -0.410. The van der Waals surface area contributed by atoms with Crippen LogP contribution < -0.4 is 5.32 Å². The number of fused-ring (bicyclic) bond motifs is 1. The molecule has 0 spiro atoms. The number of hydrogen-bond acceptors (Lipinski definition) is 3. The minimum atomic E-state index is 0.349. The fourth-order valence-electron chi connectivity index (χ4n) is 2.49. The second-order valence-electron chi connectivity index (χ2n) is 5.34. The molecule has 0 bridgehead atoms. The molecule has 1 aliphatic rings. The maximum Gasteiger partial charge on any atom is 0.109 e. The van der Waals surface area contributed by atoms with Gasteiger partial charge in [-0.25, -0.2) is 0 Å². The zero-order valence-corrected chi connectivity index (χ0v) is 11.2. The lowest BCUT2D eigenvalue weighted by Gasteiger charge is -2.34. The minimum absolute atomic E-state index is 0.349. The molecule has 1 N–H and O–H groups in total. The first-order valence-electron chi connectivity index (χ1n) is 5.91. The highest BCUT2D eigenvalue weighted by atomic mass is 32.2. The zero-order chi connectivity index (χ0) is 11.6. The molecule has 90 valence electrons. The lowest BCUT2D eigenvalue weighted by molar-refractivity contribution is 0.237. The molecule has 16 heavy (non-hydrogen) atoms. The first-order chi connectivity index (χ1) is 7.62. The first kappa shape index (κ1) is 12.1. The lowest BCUT2D eigenvalue weighted by Crippen LogP contribution is -2.33. The molecular weight excluding hydrogens is 218 g/mol. The van der Waals surface area contributed by atoms with E-state index < -0.39 is 0 Å². The van der Waals surface area contributed by atoms with Gasteiger partial charge in [-0.15, -0.1) is 0 Å². The molecule has 0 saturated heterocycles. The fraction of sp³-hybridized carbons (Fsp3) is 0.692. The Balaban J connectivity index is 2.07. The van der Waals surface area contributed by atoms with Crippen molar-refractivity contribution >= 4 is 11.8 Å². The van der Waals surface area contributed by atoms with Crippen LogP contribution in [0.4, 0.5) is 0 Å². The molecule has 0 aliphatic heterocycles. The number of rotatable bonds is 4. The second kappa shape index (κ2) is 4.84. The maximum absolute atomic E-state index is 5.58.